The standard InChI is InChI=1S/C21H23NO2S/c1-3-6-15-9-11-16(12-10-15)20(23)22-14-21(2,24)19-13-17-7-4-5-8-18(17)25-19/h4-5,7-13,24H,3,6,14H2,1-2H3,(H,22,23). The third-order valence-electron chi connectivity index (χ3n) is 4.30. The quantitative estimate of drug-likeness (QED) is 0.686. The molecule has 130 valence electrons. The second-order valence-corrected chi connectivity index (χ2v) is 7.64. The van der Waals surface area contributed by atoms with Crippen LogP contribution in [-0.4, -0.2) is 17.6 Å². The maximum atomic E-state index is 12.3. The van der Waals surface area contributed by atoms with Gasteiger partial charge in [0.05, 0.1) is 6.54 Å². The zero-order valence-corrected chi connectivity index (χ0v) is 15.4. The molecule has 0 saturated heterocycles. The first-order valence-corrected chi connectivity index (χ1v) is 9.40. The van der Waals surface area contributed by atoms with Crippen molar-refractivity contribution in [2.45, 2.75) is 32.3 Å². The van der Waals surface area contributed by atoms with Gasteiger partial charge < -0.3 is 10.4 Å². The molecule has 0 bridgehead atoms. The number of aliphatic hydroxyl groups is 1. The molecule has 0 fully saturated rings. The van der Waals surface area contributed by atoms with Crippen LogP contribution in [0.15, 0.2) is 54.6 Å². The molecule has 4 heteroatoms. The fourth-order valence-electron chi connectivity index (χ4n) is 2.80. The van der Waals surface area contributed by atoms with Gasteiger partial charge in [0.1, 0.15) is 5.60 Å². The van der Waals surface area contributed by atoms with Gasteiger partial charge in [-0.2, -0.15) is 0 Å². The van der Waals surface area contributed by atoms with E-state index in [-0.39, 0.29) is 12.5 Å². The van der Waals surface area contributed by atoms with E-state index >= 15 is 0 Å². The minimum absolute atomic E-state index is 0.163. The van der Waals surface area contributed by atoms with Crippen LogP contribution in [-0.2, 0) is 12.0 Å². The Morgan fingerprint density at radius 2 is 1.88 bits per heavy atom. The van der Waals surface area contributed by atoms with E-state index in [4.69, 9.17) is 0 Å². The molecule has 0 spiro atoms. The molecule has 2 aromatic carbocycles. The molecule has 0 aliphatic carbocycles. The number of hydrogen-bond acceptors (Lipinski definition) is 3. The zero-order valence-electron chi connectivity index (χ0n) is 14.6. The summed E-state index contributed by atoms with van der Waals surface area (Å²) in [5, 5.41) is 14.8. The number of carbonyl (C=O) groups excluding carboxylic acids is 1. The predicted molar refractivity (Wildman–Crippen MR) is 104 cm³/mol. The van der Waals surface area contributed by atoms with Crippen molar-refractivity contribution < 1.29 is 9.90 Å². The first kappa shape index (κ1) is 17.6. The minimum atomic E-state index is -1.10. The molecule has 25 heavy (non-hydrogen) atoms. The molecule has 0 aliphatic heterocycles. The molecule has 1 heterocycles. The maximum absolute atomic E-state index is 12.3. The third-order valence-corrected chi connectivity index (χ3v) is 5.67. The number of rotatable bonds is 6. The monoisotopic (exact) mass is 353 g/mol. The summed E-state index contributed by atoms with van der Waals surface area (Å²) in [5.41, 5.74) is 0.755. The number of nitrogens with one attached hydrogen (secondary N) is 1. The minimum Gasteiger partial charge on any atom is -0.383 e. The van der Waals surface area contributed by atoms with Crippen molar-refractivity contribution in [3.63, 3.8) is 0 Å². The molecule has 2 N–H and O–H groups in total. The lowest BCUT2D eigenvalue weighted by Crippen LogP contribution is -2.38. The van der Waals surface area contributed by atoms with E-state index < -0.39 is 5.60 Å². The zero-order chi connectivity index (χ0) is 17.9. The highest BCUT2D eigenvalue weighted by Crippen LogP contribution is 2.32. The smallest absolute Gasteiger partial charge is 0.251 e. The molecule has 1 amide bonds. The summed E-state index contributed by atoms with van der Waals surface area (Å²) < 4.78 is 1.13. The Morgan fingerprint density at radius 1 is 1.16 bits per heavy atom. The van der Waals surface area contributed by atoms with Crippen molar-refractivity contribution in [1.29, 1.82) is 0 Å². The average molecular weight is 353 g/mol. The number of thiophene rings is 1. The molecule has 1 unspecified atom stereocenters. The summed E-state index contributed by atoms with van der Waals surface area (Å²) in [6.45, 7) is 4.05. The average Bonchev–Trinajstić information content (AvgIpc) is 3.06. The van der Waals surface area contributed by atoms with Crippen LogP contribution in [0, 0.1) is 0 Å². The highest BCUT2D eigenvalue weighted by Gasteiger charge is 2.26. The van der Waals surface area contributed by atoms with Crippen molar-refractivity contribution in [3.8, 4) is 0 Å². The summed E-state index contributed by atoms with van der Waals surface area (Å²) in [6, 6.07) is 17.7. The summed E-state index contributed by atoms with van der Waals surface area (Å²) in [5.74, 6) is -0.163. The topological polar surface area (TPSA) is 49.3 Å². The van der Waals surface area contributed by atoms with E-state index in [1.165, 1.54) is 5.56 Å². The fourth-order valence-corrected chi connectivity index (χ4v) is 3.91. The summed E-state index contributed by atoms with van der Waals surface area (Å²) >= 11 is 1.56. The number of benzene rings is 2. The first-order chi connectivity index (χ1) is 12.0. The van der Waals surface area contributed by atoms with Crippen LogP contribution in [0.1, 0.15) is 41.1 Å². The van der Waals surface area contributed by atoms with Gasteiger partial charge in [-0.05, 0) is 48.6 Å². The Kier molecular flexibility index (Phi) is 5.21. The molecule has 0 radical (unpaired) electrons. The van der Waals surface area contributed by atoms with Crippen LogP contribution in [0.4, 0.5) is 0 Å². The lowest BCUT2D eigenvalue weighted by atomic mass is 10.0. The van der Waals surface area contributed by atoms with Crippen molar-refractivity contribution in [2.75, 3.05) is 6.54 Å². The van der Waals surface area contributed by atoms with E-state index in [9.17, 15) is 9.90 Å². The van der Waals surface area contributed by atoms with Crippen molar-refractivity contribution in [2.24, 2.45) is 0 Å². The molecule has 3 aromatic rings. The van der Waals surface area contributed by atoms with Crippen LogP contribution < -0.4 is 5.32 Å². The van der Waals surface area contributed by atoms with Crippen LogP contribution in [0.5, 0.6) is 0 Å². The molecule has 0 aliphatic rings. The van der Waals surface area contributed by atoms with Crippen LogP contribution in [0.2, 0.25) is 0 Å². The Labute approximate surface area is 152 Å². The molecule has 1 aromatic heterocycles. The Hall–Kier alpha value is -2.17. The van der Waals surface area contributed by atoms with Gasteiger partial charge in [-0.1, -0.05) is 43.7 Å². The molecule has 0 saturated carbocycles. The number of hydrogen-bond donors (Lipinski definition) is 2. The Balaban J connectivity index is 1.67. The molecular formula is C21H23NO2S. The van der Waals surface area contributed by atoms with Gasteiger partial charge in [0.25, 0.3) is 5.91 Å². The van der Waals surface area contributed by atoms with Gasteiger partial charge in [0.2, 0.25) is 0 Å². The third kappa shape index (κ3) is 4.09. The van der Waals surface area contributed by atoms with E-state index in [1.807, 2.05) is 54.6 Å². The number of fused-ring (bicyclic) bond motifs is 1. The predicted octanol–water partition coefficient (Wildman–Crippen LogP) is 4.49. The van der Waals surface area contributed by atoms with Crippen molar-refractivity contribution >= 4 is 27.3 Å². The van der Waals surface area contributed by atoms with E-state index in [0.29, 0.717) is 5.56 Å². The van der Waals surface area contributed by atoms with Crippen LogP contribution in [0.3, 0.4) is 0 Å². The fraction of sp³-hybridized carbons (Fsp3) is 0.286. The van der Waals surface area contributed by atoms with Crippen LogP contribution >= 0.6 is 11.3 Å². The number of amides is 1. The van der Waals surface area contributed by atoms with E-state index in [2.05, 4.69) is 12.2 Å². The lowest BCUT2D eigenvalue weighted by molar-refractivity contribution is 0.0557. The van der Waals surface area contributed by atoms with E-state index in [0.717, 1.165) is 27.8 Å². The SMILES string of the molecule is CCCc1ccc(C(=O)NCC(C)(O)c2cc3ccccc3s2)cc1. The van der Waals surface area contributed by atoms with Gasteiger partial charge >= 0.3 is 0 Å². The van der Waals surface area contributed by atoms with Gasteiger partial charge in [-0.25, -0.2) is 0 Å². The normalized spacial score (nSPS) is 13.6. The van der Waals surface area contributed by atoms with Gasteiger partial charge in [0, 0.05) is 15.1 Å². The second-order valence-electron chi connectivity index (χ2n) is 6.55. The van der Waals surface area contributed by atoms with Crippen LogP contribution in [0.25, 0.3) is 10.1 Å². The Morgan fingerprint density at radius 3 is 2.56 bits per heavy atom. The maximum Gasteiger partial charge on any atom is 0.251 e. The highest BCUT2D eigenvalue weighted by atomic mass is 32.1. The van der Waals surface area contributed by atoms with Gasteiger partial charge in [0.15, 0.2) is 0 Å². The van der Waals surface area contributed by atoms with Crippen molar-refractivity contribution in [1.82, 2.24) is 5.32 Å². The summed E-state index contributed by atoms with van der Waals surface area (Å²) in [4.78, 5) is 13.2. The first-order valence-electron chi connectivity index (χ1n) is 8.58. The lowest BCUT2D eigenvalue weighted by Gasteiger charge is -2.22. The van der Waals surface area contributed by atoms with Gasteiger partial charge in [-0.15, -0.1) is 11.3 Å². The molecule has 1 atom stereocenters. The largest absolute Gasteiger partial charge is 0.383 e. The van der Waals surface area contributed by atoms with E-state index in [1.54, 1.807) is 18.3 Å². The summed E-state index contributed by atoms with van der Waals surface area (Å²) in [6.07, 6.45) is 2.10. The van der Waals surface area contributed by atoms with Gasteiger partial charge in [-0.3, -0.25) is 4.79 Å². The highest BCUT2D eigenvalue weighted by molar-refractivity contribution is 7.19. The molecule has 3 rings (SSSR count). The Bertz CT molecular complexity index is 832. The van der Waals surface area contributed by atoms with Crippen molar-refractivity contribution in [3.05, 3.63) is 70.6 Å². The number of aryl methyl sites for hydroxylation is 1. The second kappa shape index (κ2) is 7.38. The number of carbonyl (C=O) groups is 1. The molecule has 3 nitrogen and oxygen atoms in total. The molecular weight excluding hydrogens is 330 g/mol. The summed E-state index contributed by atoms with van der Waals surface area (Å²) in [7, 11) is 0.